The monoisotopic (exact) mass is 230 g/mol. The van der Waals surface area contributed by atoms with E-state index in [-0.39, 0.29) is 0 Å². The van der Waals surface area contributed by atoms with Crippen LogP contribution in [0.25, 0.3) is 0 Å². The summed E-state index contributed by atoms with van der Waals surface area (Å²) < 4.78 is 6.29. The van der Waals surface area contributed by atoms with Gasteiger partial charge in [-0.2, -0.15) is 0 Å². The first kappa shape index (κ1) is 8.13. The summed E-state index contributed by atoms with van der Waals surface area (Å²) in [6.07, 6.45) is 0.988. The van der Waals surface area contributed by atoms with E-state index in [1.54, 1.807) is 0 Å². The number of hydrogen-bond acceptors (Lipinski definition) is 3. The van der Waals surface area contributed by atoms with Crippen LogP contribution >= 0.6 is 15.9 Å². The van der Waals surface area contributed by atoms with Crippen molar-refractivity contribution in [2.45, 2.75) is 6.42 Å². The molecular weight excluding hydrogens is 220 g/mol. The molecule has 0 saturated carbocycles. The van der Waals surface area contributed by atoms with Crippen LogP contribution in [-0.2, 0) is 6.42 Å². The zero-order chi connectivity index (χ0) is 8.72. The molecule has 3 nitrogen and oxygen atoms in total. The van der Waals surface area contributed by atoms with Crippen molar-refractivity contribution >= 4 is 21.6 Å². The maximum absolute atomic E-state index is 5.47. The Bertz CT molecular complexity index is 297. The molecule has 0 aliphatic carbocycles. The van der Waals surface area contributed by atoms with Gasteiger partial charge in [0.15, 0.2) is 4.67 Å². The maximum Gasteiger partial charge on any atom is 0.171 e. The Labute approximate surface area is 80.0 Å². The molecule has 0 fully saturated rings. The molecule has 0 bridgehead atoms. The van der Waals surface area contributed by atoms with Gasteiger partial charge in [-0.3, -0.25) is 0 Å². The summed E-state index contributed by atoms with van der Waals surface area (Å²) in [5.41, 5.74) is 1.16. The Morgan fingerprint density at radius 3 is 3.00 bits per heavy atom. The van der Waals surface area contributed by atoms with Crippen LogP contribution in [0.4, 0.5) is 5.69 Å². The summed E-state index contributed by atoms with van der Waals surface area (Å²) >= 11 is 3.33. The highest BCUT2D eigenvalue weighted by molar-refractivity contribution is 9.10. The van der Waals surface area contributed by atoms with Crippen molar-refractivity contribution in [3.8, 4) is 0 Å². The summed E-state index contributed by atoms with van der Waals surface area (Å²) in [6.45, 7) is 1.02. The molecule has 66 valence electrons. The zero-order valence-corrected chi connectivity index (χ0v) is 8.76. The second kappa shape index (κ2) is 2.78. The van der Waals surface area contributed by atoms with E-state index in [0.29, 0.717) is 0 Å². The molecule has 0 N–H and O–H groups in total. The number of likely N-dealkylation sites (N-methyl/N-ethyl adjacent to an activating group) is 1. The fourth-order valence-electron chi connectivity index (χ4n) is 1.44. The van der Waals surface area contributed by atoms with Crippen molar-refractivity contribution in [3.63, 3.8) is 0 Å². The molecule has 2 rings (SSSR count). The third kappa shape index (κ3) is 1.15. The van der Waals surface area contributed by atoms with Crippen LogP contribution in [0.3, 0.4) is 0 Å². The minimum absolute atomic E-state index is 0.814. The highest BCUT2D eigenvalue weighted by atomic mass is 79.9. The number of halogens is 1. The Kier molecular flexibility index (Phi) is 1.88. The van der Waals surface area contributed by atoms with Crippen molar-refractivity contribution in [1.82, 2.24) is 5.01 Å². The molecule has 0 radical (unpaired) electrons. The Hall–Kier alpha value is -0.480. The van der Waals surface area contributed by atoms with E-state index in [1.807, 2.05) is 13.1 Å². The molecule has 4 heteroatoms. The van der Waals surface area contributed by atoms with Gasteiger partial charge < -0.3 is 9.43 Å². The fourth-order valence-corrected chi connectivity index (χ4v) is 1.85. The van der Waals surface area contributed by atoms with Crippen LogP contribution in [0.5, 0.6) is 0 Å². The van der Waals surface area contributed by atoms with Gasteiger partial charge in [-0.05, 0) is 15.9 Å². The number of nitrogens with zero attached hydrogens (tertiary/aromatic N) is 2. The van der Waals surface area contributed by atoms with E-state index in [1.165, 1.54) is 0 Å². The fraction of sp³-hybridized carbons (Fsp3) is 0.500. The molecule has 0 atom stereocenters. The first-order chi connectivity index (χ1) is 5.68. The van der Waals surface area contributed by atoms with Gasteiger partial charge in [0.2, 0.25) is 0 Å². The van der Waals surface area contributed by atoms with Crippen LogP contribution < -0.4 is 5.01 Å². The first-order valence-electron chi connectivity index (χ1n) is 3.91. The summed E-state index contributed by atoms with van der Waals surface area (Å²) in [5, 5.41) is 4.28. The summed E-state index contributed by atoms with van der Waals surface area (Å²) in [5.74, 6) is 1.07. The second-order valence-electron chi connectivity index (χ2n) is 3.01. The predicted octanol–water partition coefficient (Wildman–Crippen LogP) is 1.88. The van der Waals surface area contributed by atoms with E-state index >= 15 is 0 Å². The Balaban J connectivity index is 2.41. The third-order valence-electron chi connectivity index (χ3n) is 2.28. The van der Waals surface area contributed by atoms with Crippen LogP contribution in [-0.4, -0.2) is 25.6 Å². The van der Waals surface area contributed by atoms with Gasteiger partial charge in [-0.1, -0.05) is 0 Å². The van der Waals surface area contributed by atoms with Crippen molar-refractivity contribution in [2.75, 3.05) is 25.6 Å². The number of hydrazine groups is 1. The van der Waals surface area contributed by atoms with E-state index in [9.17, 15) is 0 Å². The number of hydrogen-bond donors (Lipinski definition) is 0. The highest BCUT2D eigenvalue weighted by Crippen LogP contribution is 2.31. The Morgan fingerprint density at radius 2 is 2.25 bits per heavy atom. The van der Waals surface area contributed by atoms with Gasteiger partial charge in [0, 0.05) is 33.1 Å². The lowest BCUT2D eigenvalue weighted by molar-refractivity contribution is 0.296. The lowest BCUT2D eigenvalue weighted by Gasteiger charge is -2.33. The normalized spacial score (nSPS) is 18.1. The van der Waals surface area contributed by atoms with Gasteiger partial charge in [0.25, 0.3) is 0 Å². The predicted molar refractivity (Wildman–Crippen MR) is 51.1 cm³/mol. The molecule has 12 heavy (non-hydrogen) atoms. The van der Waals surface area contributed by atoms with Gasteiger partial charge in [0.1, 0.15) is 5.76 Å². The average molecular weight is 231 g/mol. The Morgan fingerprint density at radius 1 is 1.50 bits per heavy atom. The van der Waals surface area contributed by atoms with Gasteiger partial charge in [-0.25, -0.2) is 5.01 Å². The standard InChI is InChI=1S/C8H11BrN2O/c1-10-4-3-7-6(11(10)2)5-8(9)12-7/h5H,3-4H2,1-2H3. The molecule has 1 aromatic heterocycles. The van der Waals surface area contributed by atoms with Crippen LogP contribution in [0.2, 0.25) is 0 Å². The number of rotatable bonds is 0. The lowest BCUT2D eigenvalue weighted by atomic mass is 10.2. The lowest BCUT2D eigenvalue weighted by Crippen LogP contribution is -2.41. The summed E-state index contributed by atoms with van der Waals surface area (Å²) in [4.78, 5) is 0. The van der Waals surface area contributed by atoms with Crippen LogP contribution in [0.1, 0.15) is 5.76 Å². The number of anilines is 1. The van der Waals surface area contributed by atoms with Crippen LogP contribution in [0, 0.1) is 0 Å². The molecular formula is C8H11BrN2O. The third-order valence-corrected chi connectivity index (χ3v) is 2.67. The van der Waals surface area contributed by atoms with Crippen molar-refractivity contribution in [3.05, 3.63) is 16.5 Å². The van der Waals surface area contributed by atoms with E-state index in [0.717, 1.165) is 29.1 Å². The minimum atomic E-state index is 0.814. The van der Waals surface area contributed by atoms with E-state index in [4.69, 9.17) is 4.42 Å². The molecule has 0 amide bonds. The number of furan rings is 1. The molecule has 0 saturated heterocycles. The van der Waals surface area contributed by atoms with E-state index < -0.39 is 0 Å². The van der Waals surface area contributed by atoms with Crippen molar-refractivity contribution in [2.24, 2.45) is 0 Å². The smallest absolute Gasteiger partial charge is 0.171 e. The van der Waals surface area contributed by atoms with E-state index in [2.05, 4.69) is 33.0 Å². The van der Waals surface area contributed by atoms with Crippen molar-refractivity contribution < 1.29 is 4.42 Å². The second-order valence-corrected chi connectivity index (χ2v) is 3.80. The first-order valence-corrected chi connectivity index (χ1v) is 4.71. The molecule has 2 heterocycles. The zero-order valence-electron chi connectivity index (χ0n) is 7.17. The molecule has 0 unspecified atom stereocenters. The van der Waals surface area contributed by atoms with Gasteiger partial charge in [0.05, 0.1) is 5.69 Å². The summed E-state index contributed by atoms with van der Waals surface area (Å²) in [7, 11) is 4.11. The SMILES string of the molecule is CN1CCc2oc(Br)cc2N1C. The van der Waals surface area contributed by atoms with Crippen LogP contribution in [0.15, 0.2) is 15.2 Å². The van der Waals surface area contributed by atoms with Crippen molar-refractivity contribution in [1.29, 1.82) is 0 Å². The molecule has 1 aromatic rings. The topological polar surface area (TPSA) is 19.6 Å². The highest BCUT2D eigenvalue weighted by Gasteiger charge is 2.21. The molecule has 1 aliphatic rings. The maximum atomic E-state index is 5.47. The van der Waals surface area contributed by atoms with Gasteiger partial charge in [-0.15, -0.1) is 0 Å². The molecule has 0 spiro atoms. The average Bonchev–Trinajstić information content (AvgIpc) is 2.39. The summed E-state index contributed by atoms with van der Waals surface area (Å²) in [6, 6.07) is 2.00. The molecule has 1 aliphatic heterocycles. The largest absolute Gasteiger partial charge is 0.452 e. The quantitative estimate of drug-likeness (QED) is 0.679. The van der Waals surface area contributed by atoms with Gasteiger partial charge >= 0.3 is 0 Å². The minimum Gasteiger partial charge on any atom is -0.452 e. The molecule has 0 aromatic carbocycles. The number of fused-ring (bicyclic) bond motifs is 1.